The minimum Gasteiger partial charge on any atom is -0.375 e. The van der Waals surface area contributed by atoms with Crippen molar-refractivity contribution >= 4 is 29.1 Å². The molecule has 19 heavy (non-hydrogen) atoms. The van der Waals surface area contributed by atoms with Crippen LogP contribution < -0.4 is 5.73 Å². The third kappa shape index (κ3) is 3.39. The van der Waals surface area contributed by atoms with Gasteiger partial charge in [-0.05, 0) is 24.6 Å². The first-order chi connectivity index (χ1) is 8.99. The summed E-state index contributed by atoms with van der Waals surface area (Å²) in [6.45, 7) is 3.63. The second kappa shape index (κ2) is 6.09. The zero-order valence-corrected chi connectivity index (χ0v) is 12.1. The van der Waals surface area contributed by atoms with Gasteiger partial charge in [0, 0.05) is 23.1 Å². The molecule has 1 aliphatic rings. The van der Waals surface area contributed by atoms with Gasteiger partial charge in [0.1, 0.15) is 6.04 Å². The van der Waals surface area contributed by atoms with E-state index in [2.05, 4.69) is 0 Å². The number of halogens is 2. The number of amides is 1. The fraction of sp³-hybridized carbons (Fsp3) is 0.462. The molecule has 6 heteroatoms. The van der Waals surface area contributed by atoms with E-state index < -0.39 is 6.04 Å². The molecule has 4 nitrogen and oxygen atoms in total. The van der Waals surface area contributed by atoms with Gasteiger partial charge in [0.05, 0.1) is 12.7 Å². The van der Waals surface area contributed by atoms with Crippen molar-refractivity contribution in [3.8, 4) is 0 Å². The predicted molar refractivity (Wildman–Crippen MR) is 75.3 cm³/mol. The fourth-order valence-corrected chi connectivity index (χ4v) is 2.81. The van der Waals surface area contributed by atoms with Gasteiger partial charge in [-0.1, -0.05) is 29.3 Å². The van der Waals surface area contributed by atoms with E-state index in [0.717, 1.165) is 5.56 Å². The first kappa shape index (κ1) is 14.6. The number of carbonyl (C=O) groups is 1. The topological polar surface area (TPSA) is 55.6 Å². The number of hydrogen-bond acceptors (Lipinski definition) is 3. The Hall–Kier alpha value is -0.810. The lowest BCUT2D eigenvalue weighted by Crippen LogP contribution is -2.56. The second-order valence-corrected chi connectivity index (χ2v) is 5.47. The molecule has 0 radical (unpaired) electrons. The Bertz CT molecular complexity index is 482. The molecule has 0 aromatic heterocycles. The van der Waals surface area contributed by atoms with Crippen LogP contribution in [0.25, 0.3) is 0 Å². The second-order valence-electron chi connectivity index (χ2n) is 4.63. The molecule has 1 heterocycles. The van der Waals surface area contributed by atoms with E-state index in [1.807, 2.05) is 17.9 Å². The van der Waals surface area contributed by atoms with Crippen LogP contribution in [0.1, 0.15) is 12.5 Å². The standard InChI is InChI=1S/C13H16Cl2N2O2/c1-8-12(13(16)18)17(4-5-19-8)7-9-2-3-10(14)6-11(9)15/h2-3,6,8,12H,4-5,7H2,1H3,(H2,16,18)/t8-,12+/m1/s1. The van der Waals surface area contributed by atoms with E-state index in [1.54, 1.807) is 12.1 Å². The highest BCUT2D eigenvalue weighted by Crippen LogP contribution is 2.24. The van der Waals surface area contributed by atoms with Crippen molar-refractivity contribution in [1.29, 1.82) is 0 Å². The van der Waals surface area contributed by atoms with Crippen LogP contribution in [-0.2, 0) is 16.1 Å². The van der Waals surface area contributed by atoms with Crippen molar-refractivity contribution in [1.82, 2.24) is 4.90 Å². The minimum atomic E-state index is -0.430. The summed E-state index contributed by atoms with van der Waals surface area (Å²) in [5.41, 5.74) is 6.37. The maximum absolute atomic E-state index is 11.6. The van der Waals surface area contributed by atoms with Crippen molar-refractivity contribution in [3.05, 3.63) is 33.8 Å². The van der Waals surface area contributed by atoms with Crippen molar-refractivity contribution in [3.63, 3.8) is 0 Å². The Balaban J connectivity index is 2.18. The summed E-state index contributed by atoms with van der Waals surface area (Å²) in [6, 6.07) is 4.91. The van der Waals surface area contributed by atoms with Crippen LogP contribution in [0.3, 0.4) is 0 Å². The van der Waals surface area contributed by atoms with Crippen LogP contribution in [0.15, 0.2) is 18.2 Å². The third-order valence-corrected chi connectivity index (χ3v) is 3.86. The molecule has 0 aliphatic carbocycles. The Labute approximate surface area is 122 Å². The zero-order chi connectivity index (χ0) is 14.0. The molecule has 1 aromatic rings. The molecule has 0 saturated carbocycles. The lowest BCUT2D eigenvalue weighted by atomic mass is 10.1. The maximum Gasteiger partial charge on any atom is 0.237 e. The average Bonchev–Trinajstić information content (AvgIpc) is 2.32. The molecule has 2 atom stereocenters. The first-order valence-electron chi connectivity index (χ1n) is 6.08. The predicted octanol–water partition coefficient (Wildman–Crippen LogP) is 2.07. The third-order valence-electron chi connectivity index (χ3n) is 3.28. The van der Waals surface area contributed by atoms with Gasteiger partial charge >= 0.3 is 0 Å². The molecule has 0 spiro atoms. The summed E-state index contributed by atoms with van der Waals surface area (Å²) < 4.78 is 5.47. The van der Waals surface area contributed by atoms with Gasteiger partial charge in [-0.2, -0.15) is 0 Å². The molecular formula is C13H16Cl2N2O2. The van der Waals surface area contributed by atoms with Crippen LogP contribution in [0.2, 0.25) is 10.0 Å². The average molecular weight is 303 g/mol. The van der Waals surface area contributed by atoms with Gasteiger partial charge in [0.25, 0.3) is 0 Å². The number of morpholine rings is 1. The van der Waals surface area contributed by atoms with E-state index in [4.69, 9.17) is 33.7 Å². The minimum absolute atomic E-state index is 0.211. The number of primary amides is 1. The first-order valence-corrected chi connectivity index (χ1v) is 6.83. The summed E-state index contributed by atoms with van der Waals surface area (Å²) in [4.78, 5) is 13.5. The molecule has 104 valence electrons. The zero-order valence-electron chi connectivity index (χ0n) is 10.6. The summed E-state index contributed by atoms with van der Waals surface area (Å²) in [6.07, 6.45) is -0.211. The summed E-state index contributed by atoms with van der Waals surface area (Å²) >= 11 is 12.0. The summed E-state index contributed by atoms with van der Waals surface area (Å²) in [5, 5.41) is 1.19. The van der Waals surface area contributed by atoms with E-state index >= 15 is 0 Å². The van der Waals surface area contributed by atoms with Crippen molar-refractivity contribution in [2.75, 3.05) is 13.2 Å². The smallest absolute Gasteiger partial charge is 0.237 e. The van der Waals surface area contributed by atoms with E-state index in [0.29, 0.717) is 29.7 Å². The van der Waals surface area contributed by atoms with Gasteiger partial charge in [0.15, 0.2) is 0 Å². The number of benzene rings is 1. The largest absolute Gasteiger partial charge is 0.375 e. The molecule has 0 unspecified atom stereocenters. The molecule has 1 fully saturated rings. The van der Waals surface area contributed by atoms with Gasteiger partial charge in [0.2, 0.25) is 5.91 Å². The summed E-state index contributed by atoms with van der Waals surface area (Å²) in [5.74, 6) is -0.378. The Kier molecular flexibility index (Phi) is 4.68. The number of rotatable bonds is 3. The number of hydrogen-bond donors (Lipinski definition) is 1. The quantitative estimate of drug-likeness (QED) is 0.930. The van der Waals surface area contributed by atoms with E-state index in [1.165, 1.54) is 0 Å². The Morgan fingerprint density at radius 2 is 2.26 bits per heavy atom. The van der Waals surface area contributed by atoms with Gasteiger partial charge in [-0.3, -0.25) is 9.69 Å². The van der Waals surface area contributed by atoms with Crippen LogP contribution in [0, 0.1) is 0 Å². The van der Waals surface area contributed by atoms with Crippen molar-refractivity contribution in [2.45, 2.75) is 25.6 Å². The lowest BCUT2D eigenvalue weighted by Gasteiger charge is -2.38. The summed E-state index contributed by atoms with van der Waals surface area (Å²) in [7, 11) is 0. The van der Waals surface area contributed by atoms with Gasteiger partial charge in [-0.25, -0.2) is 0 Å². The number of nitrogens with zero attached hydrogens (tertiary/aromatic N) is 1. The highest BCUT2D eigenvalue weighted by molar-refractivity contribution is 6.35. The molecule has 1 amide bonds. The molecule has 1 aliphatic heterocycles. The van der Waals surface area contributed by atoms with Crippen molar-refractivity contribution < 1.29 is 9.53 Å². The molecule has 1 saturated heterocycles. The van der Waals surface area contributed by atoms with Crippen LogP contribution in [-0.4, -0.2) is 36.1 Å². The van der Waals surface area contributed by atoms with Gasteiger partial charge in [-0.15, -0.1) is 0 Å². The SMILES string of the molecule is C[C@H]1OCCN(Cc2ccc(Cl)cc2Cl)[C@@H]1C(N)=O. The number of carbonyl (C=O) groups excluding carboxylic acids is 1. The normalized spacial score (nSPS) is 24.4. The lowest BCUT2D eigenvalue weighted by molar-refractivity contribution is -0.136. The van der Waals surface area contributed by atoms with Crippen LogP contribution in [0.4, 0.5) is 0 Å². The van der Waals surface area contributed by atoms with Crippen molar-refractivity contribution in [2.24, 2.45) is 5.73 Å². The maximum atomic E-state index is 11.6. The monoisotopic (exact) mass is 302 g/mol. The highest BCUT2D eigenvalue weighted by Gasteiger charge is 2.33. The van der Waals surface area contributed by atoms with Gasteiger partial charge < -0.3 is 10.5 Å². The van der Waals surface area contributed by atoms with Crippen LogP contribution in [0.5, 0.6) is 0 Å². The number of ether oxygens (including phenoxy) is 1. The molecule has 1 aromatic carbocycles. The molecule has 2 rings (SSSR count). The van der Waals surface area contributed by atoms with Crippen LogP contribution >= 0.6 is 23.2 Å². The Morgan fingerprint density at radius 3 is 2.89 bits per heavy atom. The molecule has 0 bridgehead atoms. The number of nitrogens with two attached hydrogens (primary N) is 1. The fourth-order valence-electron chi connectivity index (χ4n) is 2.34. The Morgan fingerprint density at radius 1 is 1.53 bits per heavy atom. The molecule has 2 N–H and O–H groups in total. The van der Waals surface area contributed by atoms with E-state index in [-0.39, 0.29) is 12.0 Å². The molecular weight excluding hydrogens is 287 g/mol. The van der Waals surface area contributed by atoms with E-state index in [9.17, 15) is 4.79 Å². The highest BCUT2D eigenvalue weighted by atomic mass is 35.5.